The fraction of sp³-hybridized carbons (Fsp3) is 0.267. The van der Waals surface area contributed by atoms with Gasteiger partial charge in [0.05, 0.1) is 11.0 Å². The summed E-state index contributed by atoms with van der Waals surface area (Å²) < 4.78 is 2.28. The number of benzene rings is 1. The summed E-state index contributed by atoms with van der Waals surface area (Å²) >= 11 is 0. The molecule has 0 saturated carbocycles. The van der Waals surface area contributed by atoms with Crippen LogP contribution in [0.5, 0.6) is 0 Å². The van der Waals surface area contributed by atoms with Crippen LogP contribution in [0.2, 0.25) is 0 Å². The molecular weight excluding hydrogens is 208 g/mol. The molecule has 0 amide bonds. The first-order chi connectivity index (χ1) is 8.11. The number of aromatic nitrogens is 2. The van der Waals surface area contributed by atoms with E-state index in [1.807, 2.05) is 6.07 Å². The number of nitrogens with zero attached hydrogens (tertiary/aromatic N) is 2. The third-order valence-corrected chi connectivity index (χ3v) is 3.80. The molecular formula is C15H16N2. The summed E-state index contributed by atoms with van der Waals surface area (Å²) in [6.07, 6.45) is 0. The van der Waals surface area contributed by atoms with Gasteiger partial charge in [-0.25, -0.2) is 0 Å². The van der Waals surface area contributed by atoms with E-state index in [-0.39, 0.29) is 0 Å². The number of hydrogen-bond acceptors (Lipinski definition) is 1. The molecule has 0 N–H and O–H groups in total. The van der Waals surface area contributed by atoms with E-state index in [0.717, 1.165) is 11.2 Å². The first kappa shape index (κ1) is 10.3. The van der Waals surface area contributed by atoms with Gasteiger partial charge in [0.2, 0.25) is 0 Å². The Morgan fingerprint density at radius 1 is 1.06 bits per heavy atom. The molecule has 2 nitrogen and oxygen atoms in total. The van der Waals surface area contributed by atoms with Gasteiger partial charge in [-0.15, -0.1) is 0 Å². The highest BCUT2D eigenvalue weighted by Crippen LogP contribution is 2.31. The molecule has 2 aromatic heterocycles. The number of hydrogen-bond donors (Lipinski definition) is 0. The van der Waals surface area contributed by atoms with Crippen LogP contribution in [0.15, 0.2) is 24.3 Å². The molecule has 0 spiro atoms. The molecule has 3 aromatic rings. The SMILES string of the molecule is Cc1nc2ccccc2c2c1c(C)c(C)n2C. The van der Waals surface area contributed by atoms with E-state index in [1.165, 1.54) is 27.5 Å². The Balaban J connectivity index is 2.70. The summed E-state index contributed by atoms with van der Waals surface area (Å²) in [6.45, 7) is 6.45. The smallest absolute Gasteiger partial charge is 0.0726 e. The maximum atomic E-state index is 4.71. The van der Waals surface area contributed by atoms with Crippen molar-refractivity contribution in [2.24, 2.45) is 7.05 Å². The molecule has 17 heavy (non-hydrogen) atoms. The molecule has 0 aliphatic rings. The Labute approximate surface area is 101 Å². The number of rotatable bonds is 0. The van der Waals surface area contributed by atoms with Crippen LogP contribution < -0.4 is 0 Å². The van der Waals surface area contributed by atoms with E-state index in [1.54, 1.807) is 0 Å². The van der Waals surface area contributed by atoms with Gasteiger partial charge in [-0.2, -0.15) is 0 Å². The molecule has 0 aliphatic carbocycles. The van der Waals surface area contributed by atoms with Crippen LogP contribution in [0.3, 0.4) is 0 Å². The van der Waals surface area contributed by atoms with Crippen LogP contribution in [-0.4, -0.2) is 9.55 Å². The zero-order chi connectivity index (χ0) is 12.2. The van der Waals surface area contributed by atoms with Crippen molar-refractivity contribution in [3.05, 3.63) is 41.2 Å². The van der Waals surface area contributed by atoms with Gasteiger partial charge in [-0.1, -0.05) is 18.2 Å². The fourth-order valence-electron chi connectivity index (χ4n) is 2.71. The Kier molecular flexibility index (Phi) is 2.02. The van der Waals surface area contributed by atoms with Gasteiger partial charge in [0, 0.05) is 29.2 Å². The lowest BCUT2D eigenvalue weighted by atomic mass is 10.1. The summed E-state index contributed by atoms with van der Waals surface area (Å²) in [6, 6.07) is 8.36. The normalized spacial score (nSPS) is 11.5. The van der Waals surface area contributed by atoms with Crippen LogP contribution in [0.1, 0.15) is 17.0 Å². The molecule has 0 aliphatic heterocycles. The standard InChI is InChI=1S/C15H16N2/c1-9-11(3)17(4)15-12-7-5-6-8-13(12)16-10(2)14(9)15/h5-8H,1-4H3. The Morgan fingerprint density at radius 2 is 1.76 bits per heavy atom. The summed E-state index contributed by atoms with van der Waals surface area (Å²) in [5.41, 5.74) is 6.18. The molecule has 0 bridgehead atoms. The van der Waals surface area contributed by atoms with Crippen LogP contribution in [0, 0.1) is 20.8 Å². The molecule has 3 rings (SSSR count). The average molecular weight is 224 g/mol. The molecule has 2 heteroatoms. The minimum atomic E-state index is 1.08. The van der Waals surface area contributed by atoms with E-state index < -0.39 is 0 Å². The summed E-state index contributed by atoms with van der Waals surface area (Å²) in [5, 5.41) is 2.55. The molecule has 86 valence electrons. The molecule has 1 aromatic carbocycles. The summed E-state index contributed by atoms with van der Waals surface area (Å²) in [7, 11) is 2.14. The lowest BCUT2D eigenvalue weighted by Gasteiger charge is -2.05. The highest BCUT2D eigenvalue weighted by Gasteiger charge is 2.14. The highest BCUT2D eigenvalue weighted by molar-refractivity contribution is 6.06. The number of fused-ring (bicyclic) bond motifs is 3. The predicted octanol–water partition coefficient (Wildman–Crippen LogP) is 3.65. The van der Waals surface area contributed by atoms with E-state index >= 15 is 0 Å². The predicted molar refractivity (Wildman–Crippen MR) is 72.4 cm³/mol. The molecule has 0 fully saturated rings. The number of pyridine rings is 1. The van der Waals surface area contributed by atoms with Crippen molar-refractivity contribution in [2.45, 2.75) is 20.8 Å². The van der Waals surface area contributed by atoms with Crippen molar-refractivity contribution in [1.82, 2.24) is 9.55 Å². The van der Waals surface area contributed by atoms with Crippen LogP contribution in [0.4, 0.5) is 0 Å². The van der Waals surface area contributed by atoms with Gasteiger partial charge in [0.1, 0.15) is 0 Å². The van der Waals surface area contributed by atoms with E-state index in [4.69, 9.17) is 4.98 Å². The Bertz CT molecular complexity index is 736. The molecule has 0 radical (unpaired) electrons. The van der Waals surface area contributed by atoms with Gasteiger partial charge >= 0.3 is 0 Å². The second-order valence-corrected chi connectivity index (χ2v) is 4.71. The highest BCUT2D eigenvalue weighted by atomic mass is 15.0. The van der Waals surface area contributed by atoms with Gasteiger partial charge in [0.25, 0.3) is 0 Å². The van der Waals surface area contributed by atoms with Crippen LogP contribution in [-0.2, 0) is 7.05 Å². The minimum Gasteiger partial charge on any atom is -0.347 e. The van der Waals surface area contributed by atoms with Gasteiger partial charge in [0.15, 0.2) is 0 Å². The van der Waals surface area contributed by atoms with Crippen molar-refractivity contribution < 1.29 is 0 Å². The minimum absolute atomic E-state index is 1.08. The zero-order valence-electron chi connectivity index (χ0n) is 10.7. The van der Waals surface area contributed by atoms with E-state index in [0.29, 0.717) is 0 Å². The Morgan fingerprint density at radius 3 is 2.53 bits per heavy atom. The van der Waals surface area contributed by atoms with Crippen molar-refractivity contribution in [2.75, 3.05) is 0 Å². The Hall–Kier alpha value is -1.83. The maximum absolute atomic E-state index is 4.71. The average Bonchev–Trinajstić information content (AvgIpc) is 2.55. The van der Waals surface area contributed by atoms with E-state index in [2.05, 4.69) is 50.6 Å². The fourth-order valence-corrected chi connectivity index (χ4v) is 2.71. The number of aryl methyl sites for hydroxylation is 3. The largest absolute Gasteiger partial charge is 0.347 e. The summed E-state index contributed by atoms with van der Waals surface area (Å²) in [4.78, 5) is 4.71. The van der Waals surface area contributed by atoms with Crippen molar-refractivity contribution in [3.63, 3.8) is 0 Å². The van der Waals surface area contributed by atoms with E-state index in [9.17, 15) is 0 Å². The monoisotopic (exact) mass is 224 g/mol. The quantitative estimate of drug-likeness (QED) is 0.570. The first-order valence-corrected chi connectivity index (χ1v) is 5.92. The second kappa shape index (κ2) is 3.33. The third kappa shape index (κ3) is 1.24. The topological polar surface area (TPSA) is 17.8 Å². The lowest BCUT2D eigenvalue weighted by Crippen LogP contribution is -1.92. The van der Waals surface area contributed by atoms with Crippen LogP contribution in [0.25, 0.3) is 21.8 Å². The second-order valence-electron chi connectivity index (χ2n) is 4.71. The zero-order valence-corrected chi connectivity index (χ0v) is 10.7. The first-order valence-electron chi connectivity index (χ1n) is 5.92. The molecule has 0 unspecified atom stereocenters. The third-order valence-electron chi connectivity index (χ3n) is 3.80. The van der Waals surface area contributed by atoms with Crippen molar-refractivity contribution in [1.29, 1.82) is 0 Å². The molecule has 0 atom stereocenters. The van der Waals surface area contributed by atoms with Gasteiger partial charge < -0.3 is 4.57 Å². The lowest BCUT2D eigenvalue weighted by molar-refractivity contribution is 0.913. The van der Waals surface area contributed by atoms with Gasteiger partial charge in [-0.3, -0.25) is 4.98 Å². The van der Waals surface area contributed by atoms with Crippen molar-refractivity contribution in [3.8, 4) is 0 Å². The molecule has 0 saturated heterocycles. The van der Waals surface area contributed by atoms with Crippen LogP contribution >= 0.6 is 0 Å². The number of para-hydroxylation sites is 1. The summed E-state index contributed by atoms with van der Waals surface area (Å²) in [5.74, 6) is 0. The van der Waals surface area contributed by atoms with Crippen molar-refractivity contribution >= 4 is 21.8 Å². The van der Waals surface area contributed by atoms with Gasteiger partial charge in [-0.05, 0) is 32.4 Å². The molecule has 2 heterocycles. The maximum Gasteiger partial charge on any atom is 0.0726 e.